The number of anilines is 1. The summed E-state index contributed by atoms with van der Waals surface area (Å²) in [6.07, 6.45) is -7.92. The normalized spacial score (nSPS) is 14.5. The maximum absolute atomic E-state index is 14.3. The SMILES string of the molecule is CC(C)(C)OC(=O)OC(=O)[C@@](F)(N(F)c1ccccc1)C(F)(F)F. The van der Waals surface area contributed by atoms with Crippen molar-refractivity contribution in [1.29, 1.82) is 0 Å². The molecular weight excluding hydrogens is 341 g/mol. The predicted molar refractivity (Wildman–Crippen MR) is 72.2 cm³/mol. The van der Waals surface area contributed by atoms with Crippen LogP contribution in [0, 0.1) is 0 Å². The van der Waals surface area contributed by atoms with Crippen LogP contribution in [0.25, 0.3) is 0 Å². The molecule has 0 bridgehead atoms. The highest BCUT2D eigenvalue weighted by Crippen LogP contribution is 2.41. The molecule has 1 aromatic rings. The Morgan fingerprint density at radius 3 is 1.92 bits per heavy atom. The molecule has 24 heavy (non-hydrogen) atoms. The molecule has 5 nitrogen and oxygen atoms in total. The number of hydrogen-bond acceptors (Lipinski definition) is 5. The number of nitrogens with zero attached hydrogens (tertiary/aromatic N) is 1. The fourth-order valence-electron chi connectivity index (χ4n) is 1.46. The lowest BCUT2D eigenvalue weighted by atomic mass is 10.2. The number of ether oxygens (including phenoxy) is 2. The first-order valence-electron chi connectivity index (χ1n) is 6.51. The third-order valence-electron chi connectivity index (χ3n) is 2.47. The molecular formula is C14H14F5NO4. The van der Waals surface area contributed by atoms with E-state index in [9.17, 15) is 31.6 Å². The van der Waals surface area contributed by atoms with E-state index < -0.39 is 40.5 Å². The smallest absolute Gasteiger partial charge is 0.428 e. The zero-order valence-electron chi connectivity index (χ0n) is 12.9. The van der Waals surface area contributed by atoms with E-state index in [1.807, 2.05) is 0 Å². The van der Waals surface area contributed by atoms with Crippen molar-refractivity contribution < 1.29 is 41.1 Å². The minimum atomic E-state index is -6.03. The number of alkyl halides is 4. The van der Waals surface area contributed by atoms with Gasteiger partial charge >= 0.3 is 24.1 Å². The Kier molecular flexibility index (Phi) is 5.42. The molecule has 0 fully saturated rings. The van der Waals surface area contributed by atoms with Crippen molar-refractivity contribution in [3.63, 3.8) is 0 Å². The van der Waals surface area contributed by atoms with Crippen LogP contribution < -0.4 is 5.12 Å². The first kappa shape index (κ1) is 19.7. The highest BCUT2D eigenvalue weighted by molar-refractivity contribution is 5.90. The Balaban J connectivity index is 3.13. The van der Waals surface area contributed by atoms with E-state index in [0.29, 0.717) is 0 Å². The van der Waals surface area contributed by atoms with Gasteiger partial charge in [-0.05, 0) is 32.9 Å². The number of rotatable bonds is 3. The highest BCUT2D eigenvalue weighted by atomic mass is 19.4. The fraction of sp³-hybridized carbons (Fsp3) is 0.429. The second-order valence-corrected chi connectivity index (χ2v) is 5.59. The molecule has 1 aromatic carbocycles. The summed E-state index contributed by atoms with van der Waals surface area (Å²) >= 11 is 0. The number of carbonyl (C=O) groups is 2. The first-order chi connectivity index (χ1) is 10.8. The summed E-state index contributed by atoms with van der Waals surface area (Å²) < 4.78 is 75.3. The summed E-state index contributed by atoms with van der Waals surface area (Å²) in [6, 6.07) is 5.17. The summed E-state index contributed by atoms with van der Waals surface area (Å²) in [4.78, 5) is 22.8. The largest absolute Gasteiger partial charge is 0.516 e. The monoisotopic (exact) mass is 355 g/mol. The molecule has 0 saturated carbocycles. The lowest BCUT2D eigenvalue weighted by Gasteiger charge is -2.31. The predicted octanol–water partition coefficient (Wildman–Crippen LogP) is 4.08. The third-order valence-corrected chi connectivity index (χ3v) is 2.47. The van der Waals surface area contributed by atoms with Gasteiger partial charge in [0.05, 0.1) is 5.69 Å². The van der Waals surface area contributed by atoms with Gasteiger partial charge in [0.25, 0.3) is 0 Å². The van der Waals surface area contributed by atoms with Crippen LogP contribution in [0.15, 0.2) is 30.3 Å². The minimum Gasteiger partial charge on any atom is -0.428 e. The van der Waals surface area contributed by atoms with Gasteiger partial charge in [-0.2, -0.15) is 22.7 Å². The molecule has 10 heteroatoms. The number of halogens is 5. The first-order valence-corrected chi connectivity index (χ1v) is 6.51. The Labute approximate surface area is 133 Å². The van der Waals surface area contributed by atoms with Gasteiger partial charge < -0.3 is 9.47 Å². The zero-order valence-corrected chi connectivity index (χ0v) is 12.9. The van der Waals surface area contributed by atoms with Gasteiger partial charge in [-0.3, -0.25) is 0 Å². The minimum absolute atomic E-state index is 0.792. The van der Waals surface area contributed by atoms with Crippen LogP contribution in [0.1, 0.15) is 20.8 Å². The average Bonchev–Trinajstić information content (AvgIpc) is 2.43. The maximum Gasteiger partial charge on any atom is 0.516 e. The molecule has 0 radical (unpaired) electrons. The Hall–Kier alpha value is -2.39. The fourth-order valence-corrected chi connectivity index (χ4v) is 1.46. The second kappa shape index (κ2) is 6.62. The quantitative estimate of drug-likeness (QED) is 0.269. The molecule has 0 aliphatic heterocycles. The van der Waals surface area contributed by atoms with Crippen molar-refractivity contribution in [2.75, 3.05) is 5.12 Å². The van der Waals surface area contributed by atoms with Crippen LogP contribution in [0.4, 0.5) is 32.5 Å². The molecule has 1 rings (SSSR count). The van der Waals surface area contributed by atoms with Crippen molar-refractivity contribution in [2.24, 2.45) is 0 Å². The van der Waals surface area contributed by atoms with E-state index in [1.165, 1.54) is 26.8 Å². The van der Waals surface area contributed by atoms with E-state index in [4.69, 9.17) is 0 Å². The molecule has 0 spiro atoms. The summed E-state index contributed by atoms with van der Waals surface area (Å²) in [5.41, 5.74) is -2.12. The van der Waals surface area contributed by atoms with Gasteiger partial charge in [-0.25, -0.2) is 9.59 Å². The summed E-state index contributed by atoms with van der Waals surface area (Å²) in [5.74, 6) is -8.04. The van der Waals surface area contributed by atoms with Crippen LogP contribution in [0.2, 0.25) is 0 Å². The van der Waals surface area contributed by atoms with E-state index in [2.05, 4.69) is 9.47 Å². The molecule has 0 aromatic heterocycles. The van der Waals surface area contributed by atoms with Gasteiger partial charge in [0.2, 0.25) is 0 Å². The molecule has 0 amide bonds. The second-order valence-electron chi connectivity index (χ2n) is 5.59. The molecule has 0 heterocycles. The van der Waals surface area contributed by atoms with Crippen molar-refractivity contribution >= 4 is 17.8 Å². The van der Waals surface area contributed by atoms with Gasteiger partial charge in [-0.15, -0.1) is 0 Å². The van der Waals surface area contributed by atoms with Crippen LogP contribution in [-0.2, 0) is 14.3 Å². The van der Waals surface area contributed by atoms with Crippen LogP contribution >= 0.6 is 0 Å². The standard InChI is InChI=1S/C14H14F5NO4/c1-12(2,3)24-11(22)23-10(21)13(15,14(16,17)18)20(19)9-7-5-4-6-8-9/h4-8H,1-3H3/t13-/m1/s1. The number of hydrogen-bond donors (Lipinski definition) is 0. The van der Waals surface area contributed by atoms with E-state index in [-0.39, 0.29) is 0 Å². The topological polar surface area (TPSA) is 55.8 Å². The summed E-state index contributed by atoms with van der Waals surface area (Å²) in [6.45, 7) is 3.99. The van der Waals surface area contributed by atoms with Gasteiger partial charge in [-0.1, -0.05) is 22.7 Å². The Bertz CT molecular complexity index is 599. The van der Waals surface area contributed by atoms with Crippen LogP contribution in [0.5, 0.6) is 0 Å². The molecule has 1 atom stereocenters. The molecule has 0 unspecified atom stereocenters. The zero-order chi connectivity index (χ0) is 18.8. The Morgan fingerprint density at radius 1 is 1.00 bits per heavy atom. The number of para-hydroxylation sites is 1. The van der Waals surface area contributed by atoms with E-state index in [1.54, 1.807) is 0 Å². The van der Waals surface area contributed by atoms with E-state index >= 15 is 0 Å². The van der Waals surface area contributed by atoms with Crippen molar-refractivity contribution in [2.45, 2.75) is 38.3 Å². The van der Waals surface area contributed by atoms with Crippen LogP contribution in [0.3, 0.4) is 0 Å². The average molecular weight is 355 g/mol. The van der Waals surface area contributed by atoms with Crippen molar-refractivity contribution in [1.82, 2.24) is 0 Å². The van der Waals surface area contributed by atoms with Gasteiger partial charge in [0.15, 0.2) is 0 Å². The summed E-state index contributed by atoms with van der Waals surface area (Å²) in [5, 5.41) is -1.46. The maximum atomic E-state index is 14.3. The Morgan fingerprint density at radius 2 is 1.50 bits per heavy atom. The van der Waals surface area contributed by atoms with E-state index in [0.717, 1.165) is 24.3 Å². The molecule has 0 N–H and O–H groups in total. The highest BCUT2D eigenvalue weighted by Gasteiger charge is 2.69. The summed E-state index contributed by atoms with van der Waals surface area (Å²) in [7, 11) is 0. The molecule has 0 aliphatic carbocycles. The van der Waals surface area contributed by atoms with Crippen LogP contribution in [-0.4, -0.2) is 29.7 Å². The molecule has 134 valence electrons. The third kappa shape index (κ3) is 4.33. The number of benzene rings is 1. The van der Waals surface area contributed by atoms with Gasteiger partial charge in [0.1, 0.15) is 5.60 Å². The van der Waals surface area contributed by atoms with Gasteiger partial charge in [0, 0.05) is 0 Å². The molecule has 0 aliphatic rings. The van der Waals surface area contributed by atoms with Crippen molar-refractivity contribution in [3.05, 3.63) is 30.3 Å². The lowest BCUT2D eigenvalue weighted by molar-refractivity contribution is -0.244. The lowest BCUT2D eigenvalue weighted by Crippen LogP contribution is -2.59. The van der Waals surface area contributed by atoms with Crippen molar-refractivity contribution in [3.8, 4) is 0 Å². The number of carbonyl (C=O) groups excluding carboxylic acids is 2. The molecule has 0 saturated heterocycles. The number of esters is 1.